The molecule has 0 aliphatic rings. The second-order valence-corrected chi connectivity index (χ2v) is 5.76. The third-order valence-corrected chi connectivity index (χ3v) is 2.31. The lowest BCUT2D eigenvalue weighted by Crippen LogP contribution is -2.31. The fraction of sp³-hybridized carbons (Fsp3) is 0.273. The first-order valence-corrected chi connectivity index (χ1v) is 5.44. The van der Waals surface area contributed by atoms with Gasteiger partial charge in [-0.3, -0.25) is 4.79 Å². The fourth-order valence-electron chi connectivity index (χ4n) is 1.05. The van der Waals surface area contributed by atoms with E-state index in [1.54, 1.807) is 32.0 Å². The number of rotatable bonds is 3. The number of carbonyl (C=O) groups is 2. The summed E-state index contributed by atoms with van der Waals surface area (Å²) in [6.07, 6.45) is 0. The van der Waals surface area contributed by atoms with Crippen molar-refractivity contribution in [3.8, 4) is 0 Å². The molecule has 1 aromatic rings. The molecule has 1 rings (SSSR count). The van der Waals surface area contributed by atoms with Gasteiger partial charge < -0.3 is 10.4 Å². The number of carboxylic acid groups (broad SMARTS) is 1. The Kier molecular flexibility index (Phi) is 3.70. The van der Waals surface area contributed by atoms with E-state index in [4.69, 9.17) is 5.11 Å². The summed E-state index contributed by atoms with van der Waals surface area (Å²) in [6.45, 7) is 3.37. The van der Waals surface area contributed by atoms with Crippen molar-refractivity contribution >= 4 is 33.5 Å². The van der Waals surface area contributed by atoms with Crippen molar-refractivity contribution in [2.24, 2.45) is 0 Å². The minimum absolute atomic E-state index is 0.0765. The van der Waals surface area contributed by atoms with Crippen LogP contribution in [0.2, 0.25) is 0 Å². The highest BCUT2D eigenvalue weighted by molar-refractivity contribution is 9.10. The van der Waals surface area contributed by atoms with Crippen LogP contribution in [-0.2, 0) is 4.79 Å². The molecular formula is C11H12BrNO3. The normalized spacial score (nSPS) is 10.9. The molecule has 0 saturated heterocycles. The molecule has 0 heterocycles. The van der Waals surface area contributed by atoms with E-state index in [1.807, 2.05) is 0 Å². The molecule has 0 radical (unpaired) electrons. The van der Waals surface area contributed by atoms with E-state index >= 15 is 0 Å². The summed E-state index contributed by atoms with van der Waals surface area (Å²) in [5.74, 6) is -1.36. The molecule has 2 N–H and O–H groups in total. The number of carbonyl (C=O) groups excluding carboxylic acids is 1. The number of amides is 1. The average Bonchev–Trinajstić information content (AvgIpc) is 2.16. The van der Waals surface area contributed by atoms with Gasteiger partial charge in [0.1, 0.15) is 0 Å². The number of halogens is 1. The molecule has 4 nitrogen and oxygen atoms in total. The lowest BCUT2D eigenvalue weighted by molar-refractivity contribution is -0.117. The maximum absolute atomic E-state index is 11.7. The van der Waals surface area contributed by atoms with Crippen LogP contribution in [0.3, 0.4) is 0 Å². The zero-order valence-corrected chi connectivity index (χ0v) is 10.5. The van der Waals surface area contributed by atoms with Gasteiger partial charge in [0.25, 0.3) is 0 Å². The van der Waals surface area contributed by atoms with E-state index in [-0.39, 0.29) is 11.5 Å². The maximum Gasteiger partial charge on any atom is 0.337 e. The van der Waals surface area contributed by atoms with Crippen LogP contribution >= 0.6 is 15.9 Å². The number of anilines is 1. The number of nitrogens with one attached hydrogen (secondary N) is 1. The molecule has 86 valence electrons. The van der Waals surface area contributed by atoms with Crippen LogP contribution in [0.15, 0.2) is 24.3 Å². The van der Waals surface area contributed by atoms with Crippen LogP contribution in [0.25, 0.3) is 0 Å². The maximum atomic E-state index is 11.7. The van der Waals surface area contributed by atoms with Crippen molar-refractivity contribution < 1.29 is 14.7 Å². The van der Waals surface area contributed by atoms with Crippen LogP contribution in [0.1, 0.15) is 24.2 Å². The number of hydrogen-bond donors (Lipinski definition) is 2. The van der Waals surface area contributed by atoms with Crippen molar-refractivity contribution in [3.05, 3.63) is 29.8 Å². The number of aromatic carboxylic acids is 1. The minimum atomic E-state index is -1.07. The highest BCUT2D eigenvalue weighted by Crippen LogP contribution is 2.21. The summed E-state index contributed by atoms with van der Waals surface area (Å²) in [7, 11) is 0. The van der Waals surface area contributed by atoms with Crippen molar-refractivity contribution in [3.63, 3.8) is 0 Å². The molecule has 0 spiro atoms. The number of hydrogen-bond acceptors (Lipinski definition) is 2. The third-order valence-electron chi connectivity index (χ3n) is 1.95. The molecule has 0 unspecified atom stereocenters. The quantitative estimate of drug-likeness (QED) is 0.839. The zero-order valence-electron chi connectivity index (χ0n) is 8.95. The Morgan fingerprint density at radius 2 is 1.88 bits per heavy atom. The van der Waals surface area contributed by atoms with Gasteiger partial charge in [-0.2, -0.15) is 0 Å². The van der Waals surface area contributed by atoms with Crippen LogP contribution < -0.4 is 5.32 Å². The summed E-state index contributed by atoms with van der Waals surface area (Å²) in [5.41, 5.74) is 0.375. The third kappa shape index (κ3) is 3.06. The molecule has 16 heavy (non-hydrogen) atoms. The predicted molar refractivity (Wildman–Crippen MR) is 65.0 cm³/mol. The number of para-hydroxylation sites is 1. The van der Waals surface area contributed by atoms with Gasteiger partial charge >= 0.3 is 5.97 Å². The first-order chi connectivity index (χ1) is 7.32. The molecule has 1 amide bonds. The number of carboxylic acids is 1. The zero-order chi connectivity index (χ0) is 12.3. The molecule has 0 atom stereocenters. The molecule has 0 aromatic heterocycles. The van der Waals surface area contributed by atoms with Crippen LogP contribution in [0.4, 0.5) is 5.69 Å². The van der Waals surface area contributed by atoms with E-state index in [9.17, 15) is 9.59 Å². The second-order valence-electron chi connectivity index (χ2n) is 3.78. The SMILES string of the molecule is CC(C)(Br)C(=O)Nc1ccccc1C(=O)O. The molecule has 0 aliphatic carbocycles. The highest BCUT2D eigenvalue weighted by atomic mass is 79.9. The van der Waals surface area contributed by atoms with Crippen molar-refractivity contribution in [1.82, 2.24) is 0 Å². The number of benzene rings is 1. The van der Waals surface area contributed by atoms with E-state index in [0.717, 1.165) is 0 Å². The van der Waals surface area contributed by atoms with E-state index in [1.165, 1.54) is 6.07 Å². The largest absolute Gasteiger partial charge is 0.478 e. The summed E-state index contributed by atoms with van der Waals surface area (Å²) in [5, 5.41) is 11.5. The van der Waals surface area contributed by atoms with Crippen molar-refractivity contribution in [1.29, 1.82) is 0 Å². The van der Waals surface area contributed by atoms with Gasteiger partial charge in [0.05, 0.1) is 15.6 Å². The Hall–Kier alpha value is -1.36. The molecule has 0 aliphatic heterocycles. The Morgan fingerprint density at radius 3 is 2.38 bits per heavy atom. The van der Waals surface area contributed by atoms with E-state index < -0.39 is 10.3 Å². The van der Waals surface area contributed by atoms with Gasteiger partial charge in [-0.25, -0.2) is 4.79 Å². The van der Waals surface area contributed by atoms with Crippen LogP contribution in [-0.4, -0.2) is 21.3 Å². The lowest BCUT2D eigenvalue weighted by atomic mass is 10.1. The molecular weight excluding hydrogens is 274 g/mol. The average molecular weight is 286 g/mol. The topological polar surface area (TPSA) is 66.4 Å². The van der Waals surface area contributed by atoms with Gasteiger partial charge in [0.15, 0.2) is 0 Å². The van der Waals surface area contributed by atoms with Crippen molar-refractivity contribution in [2.45, 2.75) is 18.2 Å². The standard InChI is InChI=1S/C11H12BrNO3/c1-11(2,12)10(16)13-8-6-4-3-5-7(8)9(14)15/h3-6H,1-2H3,(H,13,16)(H,14,15). The van der Waals surface area contributed by atoms with E-state index in [2.05, 4.69) is 21.2 Å². The summed E-state index contributed by atoms with van der Waals surface area (Å²) >= 11 is 3.20. The van der Waals surface area contributed by atoms with Gasteiger partial charge in [-0.05, 0) is 26.0 Å². The van der Waals surface area contributed by atoms with Gasteiger partial charge in [-0.15, -0.1) is 0 Å². The van der Waals surface area contributed by atoms with E-state index in [0.29, 0.717) is 5.69 Å². The van der Waals surface area contributed by atoms with Gasteiger partial charge in [-0.1, -0.05) is 28.1 Å². The summed E-state index contributed by atoms with van der Waals surface area (Å²) in [6, 6.07) is 6.28. The fourth-order valence-corrected chi connectivity index (χ4v) is 1.15. The minimum Gasteiger partial charge on any atom is -0.478 e. The molecule has 1 aromatic carbocycles. The summed E-state index contributed by atoms with van der Waals surface area (Å²) < 4.78 is -0.737. The van der Waals surface area contributed by atoms with Crippen LogP contribution in [0.5, 0.6) is 0 Å². The Morgan fingerprint density at radius 1 is 1.31 bits per heavy atom. The first-order valence-electron chi connectivity index (χ1n) is 4.65. The Labute approximate surface area is 102 Å². The highest BCUT2D eigenvalue weighted by Gasteiger charge is 2.24. The first kappa shape index (κ1) is 12.7. The molecule has 5 heteroatoms. The smallest absolute Gasteiger partial charge is 0.337 e. The monoisotopic (exact) mass is 285 g/mol. The second kappa shape index (κ2) is 4.65. The molecule has 0 saturated carbocycles. The summed E-state index contributed by atoms with van der Waals surface area (Å²) in [4.78, 5) is 22.5. The lowest BCUT2D eigenvalue weighted by Gasteiger charge is -2.16. The Bertz CT molecular complexity index is 423. The molecule has 0 bridgehead atoms. The number of alkyl halides is 1. The Balaban J connectivity index is 2.98. The van der Waals surface area contributed by atoms with Gasteiger partial charge in [0.2, 0.25) is 5.91 Å². The predicted octanol–water partition coefficient (Wildman–Crippen LogP) is 2.50. The van der Waals surface area contributed by atoms with Gasteiger partial charge in [0, 0.05) is 0 Å². The van der Waals surface area contributed by atoms with Crippen LogP contribution in [0, 0.1) is 0 Å². The molecule has 0 fully saturated rings. The van der Waals surface area contributed by atoms with Crippen molar-refractivity contribution in [2.75, 3.05) is 5.32 Å².